The lowest BCUT2D eigenvalue weighted by Gasteiger charge is -2.16. The van der Waals surface area contributed by atoms with Crippen molar-refractivity contribution in [1.29, 1.82) is 0 Å². The van der Waals surface area contributed by atoms with Gasteiger partial charge in [0.25, 0.3) is 0 Å². The third-order valence-corrected chi connectivity index (χ3v) is 2.60. The number of ether oxygens (including phenoxy) is 4. The molecule has 23 heavy (non-hydrogen) atoms. The third-order valence-electron chi connectivity index (χ3n) is 2.60. The quantitative estimate of drug-likeness (QED) is 0.279. The van der Waals surface area contributed by atoms with Crippen molar-refractivity contribution in [2.75, 3.05) is 21.3 Å². The number of ketones is 1. The van der Waals surface area contributed by atoms with Crippen molar-refractivity contribution in [3.63, 3.8) is 0 Å². The van der Waals surface area contributed by atoms with E-state index in [9.17, 15) is 9.59 Å². The lowest BCUT2D eigenvalue weighted by molar-refractivity contribution is -0.147. The van der Waals surface area contributed by atoms with Crippen LogP contribution in [0.4, 0.5) is 0 Å². The van der Waals surface area contributed by atoms with E-state index >= 15 is 0 Å². The summed E-state index contributed by atoms with van der Waals surface area (Å²) in [6, 6.07) is 2.93. The second-order valence-corrected chi connectivity index (χ2v) is 5.50. The number of esters is 1. The van der Waals surface area contributed by atoms with Gasteiger partial charge < -0.3 is 18.9 Å². The molecule has 0 unspecified atom stereocenters. The van der Waals surface area contributed by atoms with Crippen molar-refractivity contribution in [1.82, 2.24) is 0 Å². The fraction of sp³-hybridized carbons (Fsp3) is 0.412. The van der Waals surface area contributed by atoms with Crippen LogP contribution in [0, 0.1) is 11.8 Å². The zero-order valence-electron chi connectivity index (χ0n) is 14.1. The normalized spacial score (nSPS) is 10.2. The zero-order valence-corrected chi connectivity index (χ0v) is 14.1. The highest BCUT2D eigenvalue weighted by atomic mass is 16.6. The average Bonchev–Trinajstić information content (AvgIpc) is 2.49. The molecular weight excluding hydrogens is 300 g/mol. The summed E-state index contributed by atoms with van der Waals surface area (Å²) in [4.78, 5) is 23.6. The number of carbonyl (C=O) groups is 2. The van der Waals surface area contributed by atoms with Gasteiger partial charge >= 0.3 is 5.97 Å². The van der Waals surface area contributed by atoms with Crippen molar-refractivity contribution in [3.8, 4) is 29.1 Å². The monoisotopic (exact) mass is 320 g/mol. The van der Waals surface area contributed by atoms with Crippen molar-refractivity contribution in [2.45, 2.75) is 26.4 Å². The van der Waals surface area contributed by atoms with Crippen LogP contribution in [0.3, 0.4) is 0 Å². The summed E-state index contributed by atoms with van der Waals surface area (Å²) in [5.74, 6) is 4.11. The molecule has 0 saturated carbocycles. The molecule has 0 atom stereocenters. The summed E-state index contributed by atoms with van der Waals surface area (Å²) >= 11 is 0. The maximum atomic E-state index is 12.1. The Morgan fingerprint density at radius 3 is 1.83 bits per heavy atom. The number of Topliss-reactive ketones (excluding diaryl/α,β-unsaturated/α-hetero) is 1. The molecule has 0 saturated heterocycles. The third kappa shape index (κ3) is 5.22. The molecule has 0 aliphatic heterocycles. The number of hydrogen-bond acceptors (Lipinski definition) is 6. The molecule has 1 rings (SSSR count). The van der Waals surface area contributed by atoms with Crippen LogP contribution in [0.2, 0.25) is 0 Å². The van der Waals surface area contributed by atoms with Gasteiger partial charge in [-0.05, 0) is 38.8 Å². The van der Waals surface area contributed by atoms with Gasteiger partial charge in [-0.15, -0.1) is 0 Å². The first-order valence-corrected chi connectivity index (χ1v) is 6.81. The lowest BCUT2D eigenvalue weighted by Crippen LogP contribution is -2.22. The summed E-state index contributed by atoms with van der Waals surface area (Å²) in [7, 11) is 4.35. The van der Waals surface area contributed by atoms with Crippen LogP contribution < -0.4 is 14.2 Å². The van der Waals surface area contributed by atoms with Gasteiger partial charge in [-0.3, -0.25) is 4.79 Å². The second kappa shape index (κ2) is 7.54. The molecule has 6 heteroatoms. The maximum Gasteiger partial charge on any atom is 0.385 e. The smallest absolute Gasteiger partial charge is 0.385 e. The van der Waals surface area contributed by atoms with Crippen LogP contribution in [-0.2, 0) is 9.53 Å². The predicted octanol–water partition coefficient (Wildman–Crippen LogP) is 2.24. The molecule has 0 spiro atoms. The van der Waals surface area contributed by atoms with E-state index in [4.69, 9.17) is 18.9 Å². The zero-order chi connectivity index (χ0) is 17.6. The molecule has 0 aliphatic rings. The van der Waals surface area contributed by atoms with Crippen LogP contribution in [0.15, 0.2) is 12.1 Å². The summed E-state index contributed by atoms with van der Waals surface area (Å²) < 4.78 is 20.5. The van der Waals surface area contributed by atoms with Crippen molar-refractivity contribution < 1.29 is 28.5 Å². The van der Waals surface area contributed by atoms with E-state index in [1.165, 1.54) is 33.5 Å². The SMILES string of the molecule is COc1cc(C(=O)C#CC(=O)OC(C)(C)C)cc(OC)c1OC. The molecule has 1 aromatic rings. The summed E-state index contributed by atoms with van der Waals surface area (Å²) in [5, 5.41) is 0. The van der Waals surface area contributed by atoms with Crippen LogP contribution in [0.25, 0.3) is 0 Å². The van der Waals surface area contributed by atoms with Gasteiger partial charge in [0.1, 0.15) is 5.60 Å². The Bertz CT molecular complexity index is 633. The first kappa shape index (κ1) is 18.4. The number of hydrogen-bond donors (Lipinski definition) is 0. The Balaban J connectivity index is 3.08. The number of methoxy groups -OCH3 is 3. The number of benzene rings is 1. The first-order chi connectivity index (χ1) is 10.7. The molecule has 1 aromatic carbocycles. The van der Waals surface area contributed by atoms with E-state index < -0.39 is 17.4 Å². The topological polar surface area (TPSA) is 71.1 Å². The standard InChI is InChI=1S/C17H20O6/c1-17(2,3)23-15(19)8-7-12(18)11-9-13(20-4)16(22-6)14(10-11)21-5/h9-10H,1-6H3. The second-order valence-electron chi connectivity index (χ2n) is 5.50. The minimum atomic E-state index is -0.765. The molecular formula is C17H20O6. The highest BCUT2D eigenvalue weighted by Crippen LogP contribution is 2.38. The Morgan fingerprint density at radius 1 is 0.913 bits per heavy atom. The van der Waals surface area contributed by atoms with E-state index in [0.29, 0.717) is 17.2 Å². The molecule has 0 bridgehead atoms. The van der Waals surface area contributed by atoms with E-state index in [2.05, 4.69) is 11.8 Å². The lowest BCUT2D eigenvalue weighted by atomic mass is 10.1. The molecule has 0 heterocycles. The predicted molar refractivity (Wildman–Crippen MR) is 84.0 cm³/mol. The molecule has 0 radical (unpaired) electrons. The summed E-state index contributed by atoms with van der Waals surface area (Å²) in [6.07, 6.45) is 0. The Morgan fingerprint density at radius 2 is 1.43 bits per heavy atom. The Labute approximate surface area is 135 Å². The summed E-state index contributed by atoms with van der Waals surface area (Å²) in [5.41, 5.74) is -0.447. The maximum absolute atomic E-state index is 12.1. The Hall–Kier alpha value is -2.68. The fourth-order valence-electron chi connectivity index (χ4n) is 1.70. The molecule has 0 aromatic heterocycles. The fourth-order valence-corrected chi connectivity index (χ4v) is 1.70. The van der Waals surface area contributed by atoms with E-state index in [1.807, 2.05) is 0 Å². The van der Waals surface area contributed by atoms with Gasteiger partial charge in [0.2, 0.25) is 11.5 Å². The van der Waals surface area contributed by atoms with Gasteiger partial charge in [-0.25, -0.2) is 4.79 Å². The number of carbonyl (C=O) groups excluding carboxylic acids is 2. The van der Waals surface area contributed by atoms with E-state index in [1.54, 1.807) is 20.8 Å². The molecule has 0 aliphatic carbocycles. The van der Waals surface area contributed by atoms with Crippen LogP contribution in [0.5, 0.6) is 17.2 Å². The van der Waals surface area contributed by atoms with Gasteiger partial charge in [-0.2, -0.15) is 0 Å². The van der Waals surface area contributed by atoms with Crippen molar-refractivity contribution in [2.24, 2.45) is 0 Å². The largest absolute Gasteiger partial charge is 0.493 e. The van der Waals surface area contributed by atoms with Crippen LogP contribution in [0.1, 0.15) is 31.1 Å². The molecule has 0 fully saturated rings. The first-order valence-electron chi connectivity index (χ1n) is 6.81. The molecule has 0 amide bonds. The van der Waals surface area contributed by atoms with Gasteiger partial charge in [0, 0.05) is 11.5 Å². The highest BCUT2D eigenvalue weighted by molar-refractivity contribution is 6.12. The van der Waals surface area contributed by atoms with Crippen molar-refractivity contribution >= 4 is 11.8 Å². The van der Waals surface area contributed by atoms with Gasteiger partial charge in [-0.1, -0.05) is 0 Å². The molecule has 6 nitrogen and oxygen atoms in total. The average molecular weight is 320 g/mol. The van der Waals surface area contributed by atoms with Crippen LogP contribution in [-0.4, -0.2) is 38.7 Å². The summed E-state index contributed by atoms with van der Waals surface area (Å²) in [6.45, 7) is 5.15. The molecule has 0 N–H and O–H groups in total. The van der Waals surface area contributed by atoms with Crippen molar-refractivity contribution in [3.05, 3.63) is 17.7 Å². The molecule has 124 valence electrons. The Kier molecular flexibility index (Phi) is 6.02. The van der Waals surface area contributed by atoms with E-state index in [0.717, 1.165) is 0 Å². The van der Waals surface area contributed by atoms with E-state index in [-0.39, 0.29) is 5.56 Å². The highest BCUT2D eigenvalue weighted by Gasteiger charge is 2.17. The van der Waals surface area contributed by atoms with Crippen LogP contribution >= 0.6 is 0 Å². The minimum Gasteiger partial charge on any atom is -0.493 e. The number of rotatable bonds is 4. The minimum absolute atomic E-state index is 0.218. The van der Waals surface area contributed by atoms with Gasteiger partial charge in [0.15, 0.2) is 11.5 Å². The van der Waals surface area contributed by atoms with Gasteiger partial charge in [0.05, 0.1) is 21.3 Å².